The van der Waals surface area contributed by atoms with Crippen LogP contribution in [0.3, 0.4) is 0 Å². The topological polar surface area (TPSA) is 307 Å². The maximum atomic E-state index is 13.3. The Balaban J connectivity index is 0.000000218. The number of esters is 1. The number of aryl methyl sites for hydroxylation is 2. The van der Waals surface area contributed by atoms with Crippen LogP contribution in [0.2, 0.25) is 0 Å². The number of halogens is 3. The van der Waals surface area contributed by atoms with Crippen LogP contribution in [-0.2, 0) is 44.8 Å². The molecule has 2 atom stereocenters. The van der Waals surface area contributed by atoms with Crippen LogP contribution in [0.15, 0.2) is 139 Å². The zero-order chi connectivity index (χ0) is 70.6. The van der Waals surface area contributed by atoms with E-state index in [-0.39, 0.29) is 57.8 Å². The van der Waals surface area contributed by atoms with Gasteiger partial charge in [-0.2, -0.15) is 10.5 Å². The molecule has 1 aliphatic rings. The number of amides is 2. The van der Waals surface area contributed by atoms with E-state index < -0.39 is 29.8 Å². The second-order valence-corrected chi connectivity index (χ2v) is 26.3. The van der Waals surface area contributed by atoms with E-state index in [0.29, 0.717) is 53.8 Å². The molecule has 0 unspecified atom stereocenters. The lowest BCUT2D eigenvalue weighted by Gasteiger charge is -2.32. The second-order valence-electron chi connectivity index (χ2n) is 25.5. The van der Waals surface area contributed by atoms with Crippen molar-refractivity contribution in [3.8, 4) is 23.4 Å². The first-order chi connectivity index (χ1) is 46.0. The summed E-state index contributed by atoms with van der Waals surface area (Å²) in [6.45, 7) is 19.0. The predicted molar refractivity (Wildman–Crippen MR) is 376 cm³/mol. The van der Waals surface area contributed by atoms with Gasteiger partial charge in [0.2, 0.25) is 0 Å². The number of nitrogens with one attached hydrogen (secondary N) is 4. The fourth-order valence-electron chi connectivity index (χ4n) is 9.71. The second kappa shape index (κ2) is 34.2. The average Bonchev–Trinajstić information content (AvgIpc) is 1.64. The summed E-state index contributed by atoms with van der Waals surface area (Å²) < 4.78 is 44.7. The van der Waals surface area contributed by atoms with Crippen LogP contribution in [0.5, 0.6) is 0 Å². The summed E-state index contributed by atoms with van der Waals surface area (Å²) in [4.78, 5) is 65.9. The smallest absolute Gasteiger partial charge is 0.460 e. The lowest BCUT2D eigenvalue weighted by molar-refractivity contribution is -0.154. The molecule has 1 aliphatic heterocycles. The third kappa shape index (κ3) is 22.4. The number of nitrogens with zero attached hydrogens (tertiary/aromatic N) is 9. The Bertz CT molecular complexity index is 4060. The molecule has 506 valence electrons. The number of carbonyl (C=O) groups excluding carboxylic acids is 3. The molecule has 0 radical (unpaired) electrons. The van der Waals surface area contributed by atoms with Crippen LogP contribution in [0.25, 0.3) is 11.3 Å². The van der Waals surface area contributed by atoms with Crippen molar-refractivity contribution in [2.75, 3.05) is 42.7 Å². The summed E-state index contributed by atoms with van der Waals surface area (Å²) in [7, 11) is 3.63. The highest BCUT2D eigenvalue weighted by Crippen LogP contribution is 2.36. The van der Waals surface area contributed by atoms with Crippen LogP contribution in [-0.4, -0.2) is 97.1 Å². The van der Waals surface area contributed by atoms with Crippen LogP contribution in [0, 0.1) is 34.3 Å². The van der Waals surface area contributed by atoms with Gasteiger partial charge < -0.3 is 51.7 Å². The van der Waals surface area contributed by atoms with Crippen molar-refractivity contribution in [2.45, 2.75) is 143 Å². The van der Waals surface area contributed by atoms with E-state index in [0.717, 1.165) is 82.6 Å². The molecule has 25 heteroatoms. The Kier molecular flexibility index (Phi) is 26.3. The maximum Gasteiger partial charge on any atom is 0.494 e. The Labute approximate surface area is 574 Å². The molecule has 21 nitrogen and oxygen atoms in total. The minimum atomic E-state index is -0.439. The number of benzene rings is 4. The van der Waals surface area contributed by atoms with Crippen molar-refractivity contribution in [3.05, 3.63) is 206 Å². The summed E-state index contributed by atoms with van der Waals surface area (Å²) in [6.07, 6.45) is 10.5. The number of nitrogens with two attached hydrogens (primary N) is 2. The van der Waals surface area contributed by atoms with E-state index in [1.165, 1.54) is 48.8 Å². The lowest BCUT2D eigenvalue weighted by atomic mass is 9.79. The zero-order valence-corrected chi connectivity index (χ0v) is 58.1. The number of aromatic nitrogens is 6. The molecular formula is C72H83BBrF2N15O6. The fourth-order valence-corrected chi connectivity index (χ4v) is 10.0. The molecule has 8 N–H and O–H groups in total. The average molecular weight is 1380 g/mol. The monoisotopic (exact) mass is 1380 g/mol. The lowest BCUT2D eigenvalue weighted by Crippen LogP contribution is -2.41. The predicted octanol–water partition coefficient (Wildman–Crippen LogP) is 12.1. The number of ether oxygens (including phenoxy) is 1. The van der Waals surface area contributed by atoms with Gasteiger partial charge in [-0.1, -0.05) is 72.8 Å². The number of carbonyl (C=O) groups is 3. The molecule has 1 saturated heterocycles. The first-order valence-electron chi connectivity index (χ1n) is 31.7. The Hall–Kier alpha value is -9.79. The first-order valence-corrected chi connectivity index (χ1v) is 32.5. The highest BCUT2D eigenvalue weighted by Gasteiger charge is 2.51. The first kappa shape index (κ1) is 74.6. The largest absolute Gasteiger partial charge is 0.494 e. The number of hydrogen-bond acceptors (Lipinski definition) is 19. The molecule has 0 saturated carbocycles. The molecule has 97 heavy (non-hydrogen) atoms. The van der Waals surface area contributed by atoms with Crippen LogP contribution in [0.4, 0.5) is 32.1 Å². The van der Waals surface area contributed by atoms with Gasteiger partial charge >= 0.3 is 13.1 Å². The quantitative estimate of drug-likeness (QED) is 0.0197. The molecule has 1 fully saturated rings. The number of hydrogen-bond donors (Lipinski definition) is 6. The SMILES string of the molecule is CC(C)(C)OC(=O)CCCCc1nc(Br)cnc1N.C[C@H](NC(=O)c1cc(C#N)cnc1NCc1ccc(-c2cnc(N)c(CCCN(C)C)n2)cc1)c1ccc(F)cc1.C[C@H](NC(=O)c1cc(C#N)cnc1NCc1ccc(B2OC(C)(C)C(C)(C)O2)cc1)c1ccc(F)cc1. The molecule has 0 aliphatic carbocycles. The van der Waals surface area contributed by atoms with Gasteiger partial charge in [0, 0.05) is 37.5 Å². The number of nitrogen functional groups attached to an aromatic ring is 2. The van der Waals surface area contributed by atoms with Gasteiger partial charge in [-0.3, -0.25) is 14.4 Å². The third-order valence-corrected chi connectivity index (χ3v) is 16.2. The van der Waals surface area contributed by atoms with Crippen molar-refractivity contribution >= 4 is 69.6 Å². The summed E-state index contributed by atoms with van der Waals surface area (Å²) in [5, 5.41) is 30.9. The van der Waals surface area contributed by atoms with E-state index in [9.17, 15) is 33.7 Å². The number of anilines is 4. The minimum absolute atomic E-state index is 0.166. The molecule has 5 heterocycles. The van der Waals surface area contributed by atoms with E-state index in [2.05, 4.69) is 67.0 Å². The summed E-state index contributed by atoms with van der Waals surface area (Å²) in [5.74, 6) is -0.0336. The van der Waals surface area contributed by atoms with Crippen LogP contribution < -0.4 is 38.2 Å². The maximum absolute atomic E-state index is 13.3. The van der Waals surface area contributed by atoms with Crippen molar-refractivity contribution in [1.29, 1.82) is 10.5 Å². The van der Waals surface area contributed by atoms with Gasteiger partial charge in [0.15, 0.2) is 0 Å². The number of unbranched alkanes of at least 4 members (excludes halogenated alkanes) is 1. The standard InChI is InChI=1S/C31H33FN8O.C28H30BFN4O3.C13H20BrN3O2/c1-20(23-10-12-25(32)13-11-23)38-31(41)26-15-22(16-33)18-37-30(26)36-17-21-6-8-24(9-7-21)28-19-35-29(34)27(39-28)5-4-14-40(2)3;1-18(21-8-12-23(30)13-9-21)34-26(35)24-14-20(15-31)17-33-25(24)32-16-19-6-10-22(11-7-19)29-36-27(2,3)28(4,5)37-29;1-13(2,3)19-11(18)7-5-4-6-9-12(15)16-8-10(14)17-9/h6-13,15,18-20H,4-5,14,17H2,1-3H3,(H2,34,35)(H,36,37)(H,38,41);6-14,17-18H,16H2,1-5H3,(H,32,33)(H,34,35);8H,4-7H2,1-3H3,(H2,15,16)/t20-;18-;/m00./s1. The number of nitriles is 2. The summed E-state index contributed by atoms with van der Waals surface area (Å²) in [5.41, 5.74) is 19.2. The van der Waals surface area contributed by atoms with Crippen molar-refractivity contribution < 1.29 is 37.2 Å². The van der Waals surface area contributed by atoms with E-state index in [4.69, 9.17) is 30.5 Å². The van der Waals surface area contributed by atoms with Crippen LogP contribution in [0.1, 0.15) is 166 Å². The van der Waals surface area contributed by atoms with Gasteiger partial charge in [-0.15, -0.1) is 0 Å². The van der Waals surface area contributed by atoms with Crippen molar-refractivity contribution in [1.82, 2.24) is 45.4 Å². The number of rotatable bonds is 23. The molecular weight excluding hydrogens is 1300 g/mol. The Morgan fingerprint density at radius 1 is 0.649 bits per heavy atom. The minimum Gasteiger partial charge on any atom is -0.460 e. The van der Waals surface area contributed by atoms with Crippen molar-refractivity contribution in [3.63, 3.8) is 0 Å². The van der Waals surface area contributed by atoms with Crippen LogP contribution >= 0.6 is 15.9 Å². The molecule has 2 amide bonds. The van der Waals surface area contributed by atoms with Gasteiger partial charge in [-0.05, 0) is 195 Å². The molecule has 0 bridgehead atoms. The molecule has 0 spiro atoms. The molecule has 4 aromatic carbocycles. The Morgan fingerprint density at radius 2 is 1.10 bits per heavy atom. The third-order valence-electron chi connectivity index (χ3n) is 15.8. The zero-order valence-electron chi connectivity index (χ0n) is 56.6. The Morgan fingerprint density at radius 3 is 1.57 bits per heavy atom. The molecule has 8 aromatic rings. The highest BCUT2D eigenvalue weighted by atomic mass is 79.9. The van der Waals surface area contributed by atoms with Gasteiger partial charge in [-0.25, -0.2) is 38.7 Å². The van der Waals surface area contributed by atoms with Gasteiger partial charge in [0.05, 0.1) is 75.0 Å². The van der Waals surface area contributed by atoms with Gasteiger partial charge in [0.25, 0.3) is 11.8 Å². The molecule has 9 rings (SSSR count). The van der Waals surface area contributed by atoms with Crippen molar-refractivity contribution in [2.24, 2.45) is 0 Å². The van der Waals surface area contributed by atoms with E-state index in [1.54, 1.807) is 50.5 Å². The summed E-state index contributed by atoms with van der Waals surface area (Å²) >= 11 is 3.26. The molecule has 4 aromatic heterocycles. The normalized spacial score (nSPS) is 13.5. The van der Waals surface area contributed by atoms with E-state index >= 15 is 0 Å². The fraction of sp³-hybridized carbons (Fsp3) is 0.347. The summed E-state index contributed by atoms with van der Waals surface area (Å²) in [6, 6.07) is 33.9. The van der Waals surface area contributed by atoms with Gasteiger partial charge in [0.1, 0.15) is 57.2 Å². The highest BCUT2D eigenvalue weighted by molar-refractivity contribution is 9.10. The number of pyridine rings is 2. The van der Waals surface area contributed by atoms with E-state index in [1.807, 2.05) is 123 Å².